The summed E-state index contributed by atoms with van der Waals surface area (Å²) >= 11 is 0. The smallest absolute Gasteiger partial charge is 0.341 e. The van der Waals surface area contributed by atoms with Crippen molar-refractivity contribution in [2.24, 2.45) is 0 Å². The minimum atomic E-state index is -1.27. The summed E-state index contributed by atoms with van der Waals surface area (Å²) in [5, 5.41) is 9.43. The lowest BCUT2D eigenvalue weighted by molar-refractivity contribution is 0.0695. The number of hydrogen-bond acceptors (Lipinski definition) is 4. The lowest BCUT2D eigenvalue weighted by atomic mass is 10.1. The number of benzene rings is 1. The fourth-order valence-electron chi connectivity index (χ4n) is 3.46. The quantitative estimate of drug-likeness (QED) is 0.922. The zero-order chi connectivity index (χ0) is 17.7. The van der Waals surface area contributed by atoms with Crippen molar-refractivity contribution in [2.75, 3.05) is 38.1 Å². The van der Waals surface area contributed by atoms with Gasteiger partial charge in [-0.15, -0.1) is 0 Å². The third kappa shape index (κ3) is 2.78. The second-order valence-corrected chi connectivity index (χ2v) is 6.93. The van der Waals surface area contributed by atoms with Gasteiger partial charge >= 0.3 is 5.97 Å². The molecule has 2 fully saturated rings. The molecule has 0 radical (unpaired) electrons. The molecule has 0 unspecified atom stereocenters. The van der Waals surface area contributed by atoms with Crippen molar-refractivity contribution in [3.8, 4) is 0 Å². The lowest BCUT2D eigenvalue weighted by Crippen LogP contribution is -2.44. The maximum absolute atomic E-state index is 14.7. The van der Waals surface area contributed by atoms with Gasteiger partial charge in [0.25, 0.3) is 0 Å². The van der Waals surface area contributed by atoms with E-state index in [9.17, 15) is 19.1 Å². The van der Waals surface area contributed by atoms with Gasteiger partial charge in [-0.05, 0) is 32.0 Å². The van der Waals surface area contributed by atoms with Crippen LogP contribution in [-0.4, -0.2) is 53.8 Å². The first-order valence-corrected chi connectivity index (χ1v) is 8.51. The Morgan fingerprint density at radius 1 is 1.20 bits per heavy atom. The van der Waals surface area contributed by atoms with Gasteiger partial charge in [0.1, 0.15) is 11.4 Å². The van der Waals surface area contributed by atoms with Crippen molar-refractivity contribution in [1.29, 1.82) is 0 Å². The first kappa shape index (κ1) is 16.1. The van der Waals surface area contributed by atoms with Crippen LogP contribution in [0.15, 0.2) is 23.1 Å². The molecule has 1 N–H and O–H groups in total. The molecule has 0 spiro atoms. The largest absolute Gasteiger partial charge is 0.477 e. The van der Waals surface area contributed by atoms with Gasteiger partial charge in [-0.3, -0.25) is 4.79 Å². The van der Waals surface area contributed by atoms with Gasteiger partial charge in [0.15, 0.2) is 0 Å². The monoisotopic (exact) mass is 344 g/mol. The molecule has 0 amide bonds. The Bertz CT molecular complexity index is 912. The number of hydrogen-bond donors (Lipinski definition) is 1. The summed E-state index contributed by atoms with van der Waals surface area (Å²) in [4.78, 5) is 28.0. The highest BCUT2D eigenvalue weighted by atomic mass is 19.1. The molecule has 7 heteroatoms. The SMILES string of the molecule is [11CH3]N1CCN(c2cc3c(cc2F)c(=O)c(C(=O)O)cn3C2CC2)CC1. The van der Waals surface area contributed by atoms with Gasteiger partial charge in [0.05, 0.1) is 11.2 Å². The summed E-state index contributed by atoms with van der Waals surface area (Å²) < 4.78 is 16.5. The number of carbonyl (C=O) groups is 1. The summed E-state index contributed by atoms with van der Waals surface area (Å²) in [6.45, 7) is 3.15. The molecule has 1 aromatic carbocycles. The van der Waals surface area contributed by atoms with Crippen LogP contribution in [0.25, 0.3) is 10.9 Å². The van der Waals surface area contributed by atoms with Crippen LogP contribution < -0.4 is 10.3 Å². The highest BCUT2D eigenvalue weighted by Gasteiger charge is 2.28. The van der Waals surface area contributed by atoms with E-state index in [2.05, 4.69) is 4.90 Å². The highest BCUT2D eigenvalue weighted by Crippen LogP contribution is 2.38. The Hall–Kier alpha value is -2.41. The summed E-state index contributed by atoms with van der Waals surface area (Å²) in [7, 11) is 2.03. The predicted octanol–water partition coefficient (Wildman–Crippen LogP) is 1.93. The van der Waals surface area contributed by atoms with Gasteiger partial charge in [-0.2, -0.15) is 0 Å². The van der Waals surface area contributed by atoms with Crippen LogP contribution >= 0.6 is 0 Å². The van der Waals surface area contributed by atoms with Crippen molar-refractivity contribution >= 4 is 22.6 Å². The second kappa shape index (κ2) is 5.84. The van der Waals surface area contributed by atoms with E-state index >= 15 is 0 Å². The van der Waals surface area contributed by atoms with Gasteiger partial charge in [-0.1, -0.05) is 0 Å². The van der Waals surface area contributed by atoms with E-state index in [1.54, 1.807) is 6.07 Å². The zero-order valence-electron chi connectivity index (χ0n) is 14.0. The number of rotatable bonds is 3. The standard InChI is InChI=1S/C18H20FN3O3/c1-20-4-6-21(7-5-20)16-9-15-12(8-14(16)19)17(23)13(18(24)25)10-22(15)11-2-3-11/h8-11H,2-7H2,1H3,(H,24,25)/i1-1. The zero-order valence-corrected chi connectivity index (χ0v) is 14.0. The molecule has 25 heavy (non-hydrogen) atoms. The summed E-state index contributed by atoms with van der Waals surface area (Å²) in [5.41, 5.74) is 0.180. The minimum absolute atomic E-state index is 0.141. The first-order valence-electron chi connectivity index (χ1n) is 8.51. The molecule has 2 heterocycles. The van der Waals surface area contributed by atoms with Crippen molar-refractivity contribution in [3.05, 3.63) is 39.9 Å². The Kier molecular flexibility index (Phi) is 3.76. The second-order valence-electron chi connectivity index (χ2n) is 6.93. The number of nitrogens with zero attached hydrogens (tertiary/aromatic N) is 3. The van der Waals surface area contributed by atoms with Gasteiger partial charge in [0, 0.05) is 43.8 Å². The molecule has 2 aliphatic rings. The topological polar surface area (TPSA) is 65.8 Å². The maximum Gasteiger partial charge on any atom is 0.341 e. The Morgan fingerprint density at radius 3 is 2.48 bits per heavy atom. The number of pyridine rings is 1. The molecule has 1 aromatic heterocycles. The summed E-state index contributed by atoms with van der Waals surface area (Å²) in [6, 6.07) is 3.10. The minimum Gasteiger partial charge on any atom is -0.477 e. The molecule has 2 aromatic rings. The van der Waals surface area contributed by atoms with Gasteiger partial charge < -0.3 is 19.5 Å². The number of aromatic carboxylic acids is 1. The number of likely N-dealkylation sites (N-methyl/N-ethyl adjacent to an activating group) is 1. The molecule has 1 aliphatic heterocycles. The Morgan fingerprint density at radius 2 is 1.88 bits per heavy atom. The van der Waals surface area contributed by atoms with Crippen LogP contribution in [-0.2, 0) is 0 Å². The molecule has 1 saturated heterocycles. The third-order valence-corrected chi connectivity index (χ3v) is 5.12. The number of piperazine rings is 1. The molecule has 4 rings (SSSR count). The molecule has 6 nitrogen and oxygen atoms in total. The van der Waals surface area contributed by atoms with Gasteiger partial charge in [-0.25, -0.2) is 9.18 Å². The molecule has 132 valence electrons. The van der Waals surface area contributed by atoms with E-state index in [4.69, 9.17) is 0 Å². The van der Waals surface area contributed by atoms with Crippen molar-refractivity contribution in [1.82, 2.24) is 9.47 Å². The normalized spacial score (nSPS) is 18.7. The van der Waals surface area contributed by atoms with Gasteiger partial charge in [0.2, 0.25) is 5.43 Å². The molecule has 0 atom stereocenters. The average molecular weight is 344 g/mol. The number of aromatic nitrogens is 1. The van der Waals surface area contributed by atoms with Crippen LogP contribution in [0, 0.1) is 5.82 Å². The molecular formula is C18H20FN3O3. The van der Waals surface area contributed by atoms with Crippen molar-refractivity contribution in [2.45, 2.75) is 18.9 Å². The Labute approximate surface area is 144 Å². The van der Waals surface area contributed by atoms with E-state index in [1.807, 2.05) is 16.5 Å². The summed E-state index contributed by atoms with van der Waals surface area (Å²) in [6.07, 6.45) is 3.30. The maximum atomic E-state index is 14.7. The highest BCUT2D eigenvalue weighted by molar-refractivity contribution is 5.93. The molecule has 1 aliphatic carbocycles. The molecule has 0 bridgehead atoms. The van der Waals surface area contributed by atoms with Crippen LogP contribution in [0.3, 0.4) is 0 Å². The van der Waals surface area contributed by atoms with Crippen LogP contribution in [0.4, 0.5) is 10.1 Å². The van der Waals surface area contributed by atoms with E-state index in [0.29, 0.717) is 11.2 Å². The van der Waals surface area contributed by atoms with E-state index in [-0.39, 0.29) is 17.0 Å². The Balaban J connectivity index is 1.90. The molecule has 1 saturated carbocycles. The van der Waals surface area contributed by atoms with E-state index in [1.165, 1.54) is 12.3 Å². The van der Waals surface area contributed by atoms with Crippen LogP contribution in [0.5, 0.6) is 0 Å². The van der Waals surface area contributed by atoms with Crippen molar-refractivity contribution < 1.29 is 14.3 Å². The number of halogens is 1. The molecular weight excluding hydrogens is 324 g/mol. The van der Waals surface area contributed by atoms with E-state index < -0.39 is 17.2 Å². The van der Waals surface area contributed by atoms with Crippen molar-refractivity contribution in [3.63, 3.8) is 0 Å². The van der Waals surface area contributed by atoms with E-state index in [0.717, 1.165) is 39.0 Å². The fourth-order valence-corrected chi connectivity index (χ4v) is 3.46. The fraction of sp³-hybridized carbons (Fsp3) is 0.444. The average Bonchev–Trinajstić information content (AvgIpc) is 3.41. The third-order valence-electron chi connectivity index (χ3n) is 5.12. The van der Waals surface area contributed by atoms with Crippen LogP contribution in [0.1, 0.15) is 29.2 Å². The number of carboxylic acids is 1. The van der Waals surface area contributed by atoms with Crippen LogP contribution in [0.2, 0.25) is 0 Å². The number of anilines is 1. The lowest BCUT2D eigenvalue weighted by Gasteiger charge is -2.34. The summed E-state index contributed by atoms with van der Waals surface area (Å²) in [5.74, 6) is -1.75. The number of fused-ring (bicyclic) bond motifs is 1. The first-order chi connectivity index (χ1) is 12.0. The predicted molar refractivity (Wildman–Crippen MR) is 93.1 cm³/mol. The number of carboxylic acid groups (broad SMARTS) is 1.